The van der Waals surface area contributed by atoms with Gasteiger partial charge in [0.2, 0.25) is 0 Å². The molecule has 1 aromatic carbocycles. The highest BCUT2D eigenvalue weighted by Crippen LogP contribution is 2.31. The number of methoxy groups -OCH3 is 2. The molecule has 0 unspecified atom stereocenters. The first-order chi connectivity index (χ1) is 8.63. The fraction of sp³-hybridized carbons (Fsp3) is 0.571. The monoisotopic (exact) mass is 250 g/mol. The third-order valence-electron chi connectivity index (χ3n) is 3.54. The number of nitrogens with two attached hydrogens (primary N) is 1. The van der Waals surface area contributed by atoms with E-state index in [0.717, 1.165) is 37.6 Å². The fourth-order valence-corrected chi connectivity index (χ4v) is 2.44. The van der Waals surface area contributed by atoms with E-state index in [1.54, 1.807) is 14.2 Å². The standard InChI is InChI=1S/C14H22N2O2/c1-10-6-13(17-2)14(18-3)7-11(10)8-16-5-4-12(15)9-16/h6-7,12H,4-5,8-9,15H2,1-3H3/t12-/m1/s1. The predicted octanol–water partition coefficient (Wildman–Crippen LogP) is 1.55. The van der Waals surface area contributed by atoms with E-state index in [9.17, 15) is 0 Å². The quantitative estimate of drug-likeness (QED) is 0.880. The molecule has 18 heavy (non-hydrogen) atoms. The van der Waals surface area contributed by atoms with Crippen LogP contribution in [0, 0.1) is 6.92 Å². The van der Waals surface area contributed by atoms with Gasteiger partial charge in [-0.1, -0.05) is 0 Å². The maximum Gasteiger partial charge on any atom is 0.161 e. The smallest absolute Gasteiger partial charge is 0.161 e. The Kier molecular flexibility index (Phi) is 4.09. The SMILES string of the molecule is COc1cc(C)c(CN2CC[C@@H](N)C2)cc1OC. The molecule has 4 heteroatoms. The van der Waals surface area contributed by atoms with Crippen LogP contribution in [0.25, 0.3) is 0 Å². The molecule has 0 spiro atoms. The Labute approximate surface area is 109 Å². The third-order valence-corrected chi connectivity index (χ3v) is 3.54. The van der Waals surface area contributed by atoms with Gasteiger partial charge in [-0.15, -0.1) is 0 Å². The molecule has 0 amide bonds. The van der Waals surface area contributed by atoms with Gasteiger partial charge in [-0.05, 0) is 36.6 Å². The van der Waals surface area contributed by atoms with Gasteiger partial charge in [-0.2, -0.15) is 0 Å². The lowest BCUT2D eigenvalue weighted by molar-refractivity contribution is 0.322. The minimum Gasteiger partial charge on any atom is -0.493 e. The molecule has 1 aliphatic rings. The molecule has 1 aromatic rings. The maximum absolute atomic E-state index is 5.93. The van der Waals surface area contributed by atoms with Crippen molar-refractivity contribution in [2.75, 3.05) is 27.3 Å². The molecule has 4 nitrogen and oxygen atoms in total. The number of ether oxygens (including phenoxy) is 2. The van der Waals surface area contributed by atoms with Crippen molar-refractivity contribution in [2.45, 2.75) is 25.9 Å². The highest BCUT2D eigenvalue weighted by atomic mass is 16.5. The van der Waals surface area contributed by atoms with Crippen molar-refractivity contribution in [3.63, 3.8) is 0 Å². The minimum atomic E-state index is 0.324. The van der Waals surface area contributed by atoms with Crippen LogP contribution in [-0.4, -0.2) is 38.3 Å². The van der Waals surface area contributed by atoms with Crippen LogP contribution in [0.5, 0.6) is 11.5 Å². The van der Waals surface area contributed by atoms with Gasteiger partial charge < -0.3 is 15.2 Å². The molecular formula is C14H22N2O2. The molecule has 1 saturated heterocycles. The molecular weight excluding hydrogens is 228 g/mol. The van der Waals surface area contributed by atoms with Gasteiger partial charge in [0.05, 0.1) is 14.2 Å². The molecule has 0 bridgehead atoms. The second-order valence-electron chi connectivity index (χ2n) is 4.92. The molecule has 0 aromatic heterocycles. The summed E-state index contributed by atoms with van der Waals surface area (Å²) in [7, 11) is 3.33. The first-order valence-electron chi connectivity index (χ1n) is 6.33. The zero-order chi connectivity index (χ0) is 13.1. The summed E-state index contributed by atoms with van der Waals surface area (Å²) in [5, 5.41) is 0. The highest BCUT2D eigenvalue weighted by Gasteiger charge is 2.20. The molecule has 100 valence electrons. The van der Waals surface area contributed by atoms with E-state index in [1.165, 1.54) is 11.1 Å². The van der Waals surface area contributed by atoms with Crippen LogP contribution in [0.2, 0.25) is 0 Å². The molecule has 1 aliphatic heterocycles. The van der Waals surface area contributed by atoms with Crippen molar-refractivity contribution >= 4 is 0 Å². The van der Waals surface area contributed by atoms with Crippen LogP contribution in [0.1, 0.15) is 17.5 Å². The summed E-state index contributed by atoms with van der Waals surface area (Å²) in [6.45, 7) is 5.09. The zero-order valence-electron chi connectivity index (χ0n) is 11.4. The molecule has 0 saturated carbocycles. The van der Waals surface area contributed by atoms with E-state index in [1.807, 2.05) is 6.07 Å². The van der Waals surface area contributed by atoms with E-state index >= 15 is 0 Å². The Hall–Kier alpha value is -1.26. The van der Waals surface area contributed by atoms with Gasteiger partial charge in [-0.3, -0.25) is 4.90 Å². The summed E-state index contributed by atoms with van der Waals surface area (Å²) >= 11 is 0. The van der Waals surface area contributed by atoms with Crippen molar-refractivity contribution < 1.29 is 9.47 Å². The Morgan fingerprint density at radius 3 is 2.50 bits per heavy atom. The highest BCUT2D eigenvalue weighted by molar-refractivity contribution is 5.47. The summed E-state index contributed by atoms with van der Waals surface area (Å²) in [6, 6.07) is 4.42. The van der Waals surface area contributed by atoms with Crippen LogP contribution in [0.4, 0.5) is 0 Å². The number of hydrogen-bond acceptors (Lipinski definition) is 4. The van der Waals surface area contributed by atoms with Crippen LogP contribution in [0.15, 0.2) is 12.1 Å². The van der Waals surface area contributed by atoms with Gasteiger partial charge in [-0.25, -0.2) is 0 Å². The second-order valence-corrected chi connectivity index (χ2v) is 4.92. The lowest BCUT2D eigenvalue weighted by Gasteiger charge is -2.18. The van der Waals surface area contributed by atoms with Gasteiger partial charge in [0.1, 0.15) is 0 Å². The summed E-state index contributed by atoms with van der Waals surface area (Å²) in [5.41, 5.74) is 8.44. The Bertz CT molecular complexity index is 421. The summed E-state index contributed by atoms with van der Waals surface area (Å²) in [6.07, 6.45) is 1.09. The van der Waals surface area contributed by atoms with Crippen molar-refractivity contribution in [1.82, 2.24) is 4.90 Å². The van der Waals surface area contributed by atoms with E-state index in [2.05, 4.69) is 17.9 Å². The number of aryl methyl sites for hydroxylation is 1. The lowest BCUT2D eigenvalue weighted by Crippen LogP contribution is -2.26. The van der Waals surface area contributed by atoms with Crippen LogP contribution in [-0.2, 0) is 6.54 Å². The maximum atomic E-state index is 5.93. The van der Waals surface area contributed by atoms with Crippen molar-refractivity contribution in [2.24, 2.45) is 5.73 Å². The average molecular weight is 250 g/mol. The average Bonchev–Trinajstić information content (AvgIpc) is 2.77. The zero-order valence-corrected chi connectivity index (χ0v) is 11.4. The Morgan fingerprint density at radius 1 is 1.28 bits per heavy atom. The third kappa shape index (κ3) is 2.76. The number of rotatable bonds is 4. The molecule has 1 atom stereocenters. The lowest BCUT2D eigenvalue weighted by atomic mass is 10.1. The Morgan fingerprint density at radius 2 is 1.94 bits per heavy atom. The first-order valence-corrected chi connectivity index (χ1v) is 6.33. The van der Waals surface area contributed by atoms with Crippen LogP contribution >= 0.6 is 0 Å². The first kappa shape index (κ1) is 13.2. The van der Waals surface area contributed by atoms with E-state index in [0.29, 0.717) is 6.04 Å². The molecule has 2 rings (SSSR count). The van der Waals surface area contributed by atoms with E-state index in [4.69, 9.17) is 15.2 Å². The molecule has 0 radical (unpaired) electrons. The van der Waals surface area contributed by atoms with E-state index in [-0.39, 0.29) is 0 Å². The molecule has 1 heterocycles. The predicted molar refractivity (Wildman–Crippen MR) is 72.2 cm³/mol. The van der Waals surface area contributed by atoms with E-state index < -0.39 is 0 Å². The van der Waals surface area contributed by atoms with Crippen molar-refractivity contribution in [1.29, 1.82) is 0 Å². The number of nitrogens with zero attached hydrogens (tertiary/aromatic N) is 1. The molecule has 1 fully saturated rings. The topological polar surface area (TPSA) is 47.7 Å². The molecule has 0 aliphatic carbocycles. The van der Waals surface area contributed by atoms with Gasteiger partial charge in [0, 0.05) is 25.7 Å². The summed E-state index contributed by atoms with van der Waals surface area (Å²) in [4.78, 5) is 2.39. The number of likely N-dealkylation sites (tertiary alicyclic amines) is 1. The van der Waals surface area contributed by atoms with Gasteiger partial charge in [0.25, 0.3) is 0 Å². The number of benzene rings is 1. The van der Waals surface area contributed by atoms with Crippen LogP contribution in [0.3, 0.4) is 0 Å². The second kappa shape index (κ2) is 5.59. The summed E-state index contributed by atoms with van der Waals surface area (Å²) < 4.78 is 10.6. The van der Waals surface area contributed by atoms with Crippen molar-refractivity contribution in [3.05, 3.63) is 23.3 Å². The summed E-state index contributed by atoms with van der Waals surface area (Å²) in [5.74, 6) is 1.58. The number of hydrogen-bond donors (Lipinski definition) is 1. The largest absolute Gasteiger partial charge is 0.493 e. The minimum absolute atomic E-state index is 0.324. The molecule has 2 N–H and O–H groups in total. The van der Waals surface area contributed by atoms with Gasteiger partial charge in [0.15, 0.2) is 11.5 Å². The fourth-order valence-electron chi connectivity index (χ4n) is 2.44. The Balaban J connectivity index is 2.17. The normalized spacial score (nSPS) is 20.1. The van der Waals surface area contributed by atoms with Gasteiger partial charge >= 0.3 is 0 Å². The van der Waals surface area contributed by atoms with Crippen LogP contribution < -0.4 is 15.2 Å². The van der Waals surface area contributed by atoms with Crippen molar-refractivity contribution in [3.8, 4) is 11.5 Å².